The van der Waals surface area contributed by atoms with E-state index in [0.29, 0.717) is 24.1 Å². The van der Waals surface area contributed by atoms with Gasteiger partial charge in [-0.05, 0) is 20.3 Å². The Balaban J connectivity index is 2.35. The van der Waals surface area contributed by atoms with E-state index in [-0.39, 0.29) is 24.2 Å². The molecule has 0 aromatic carbocycles. The lowest BCUT2D eigenvalue weighted by atomic mass is 10.1. The van der Waals surface area contributed by atoms with Crippen LogP contribution in [0.5, 0.6) is 6.01 Å². The zero-order chi connectivity index (χ0) is 14.3. The van der Waals surface area contributed by atoms with Crippen molar-refractivity contribution in [2.24, 2.45) is 0 Å². The van der Waals surface area contributed by atoms with E-state index in [0.717, 1.165) is 0 Å². The van der Waals surface area contributed by atoms with Gasteiger partial charge in [-0.25, -0.2) is 0 Å². The molecule has 0 saturated carbocycles. The summed E-state index contributed by atoms with van der Waals surface area (Å²) >= 11 is 1.20. The van der Waals surface area contributed by atoms with E-state index in [9.17, 15) is 9.59 Å². The number of anilines is 1. The molecule has 8 heteroatoms. The molecule has 1 aromatic rings. The lowest BCUT2D eigenvalue weighted by Gasteiger charge is -2.14. The Morgan fingerprint density at radius 3 is 2.68 bits per heavy atom. The van der Waals surface area contributed by atoms with E-state index in [4.69, 9.17) is 4.74 Å². The average Bonchev–Trinajstić information content (AvgIpc) is 2.80. The lowest BCUT2D eigenvalue weighted by Crippen LogP contribution is -2.39. The van der Waals surface area contributed by atoms with Gasteiger partial charge >= 0.3 is 6.01 Å². The normalized spacial score (nSPS) is 11.9. The molecule has 1 atom stereocenters. The predicted octanol–water partition coefficient (Wildman–Crippen LogP) is 0.485. The van der Waals surface area contributed by atoms with E-state index in [1.54, 1.807) is 0 Å². The number of carbonyl (C=O) groups excluding carboxylic acids is 2. The third-order valence-corrected chi connectivity index (χ3v) is 3.04. The number of rotatable bonds is 9. The zero-order valence-corrected chi connectivity index (χ0v) is 12.0. The highest BCUT2D eigenvalue weighted by Gasteiger charge is 2.14. The van der Waals surface area contributed by atoms with Gasteiger partial charge in [0.05, 0.1) is 19.7 Å². The maximum atomic E-state index is 11.4. The Kier molecular flexibility index (Phi) is 6.37. The van der Waals surface area contributed by atoms with Gasteiger partial charge in [0.2, 0.25) is 5.13 Å². The van der Waals surface area contributed by atoms with E-state index < -0.39 is 0 Å². The highest BCUT2D eigenvalue weighted by atomic mass is 32.1. The van der Waals surface area contributed by atoms with Crippen molar-refractivity contribution in [3.05, 3.63) is 0 Å². The van der Waals surface area contributed by atoms with Gasteiger partial charge in [-0.3, -0.25) is 9.59 Å². The molecule has 106 valence electrons. The fraction of sp³-hybridized carbons (Fsp3) is 0.636. The molecule has 7 nitrogen and oxygen atoms in total. The molecule has 19 heavy (non-hydrogen) atoms. The van der Waals surface area contributed by atoms with Crippen molar-refractivity contribution in [2.45, 2.75) is 26.3 Å². The average molecular weight is 286 g/mol. The molecule has 1 rings (SSSR count). The number of nitrogens with one attached hydrogen (secondary N) is 2. The topological polar surface area (TPSA) is 93.2 Å². The van der Waals surface area contributed by atoms with Gasteiger partial charge in [0.25, 0.3) is 0 Å². The number of methoxy groups -OCH3 is 1. The van der Waals surface area contributed by atoms with Gasteiger partial charge in [-0.15, -0.1) is 4.37 Å². The summed E-state index contributed by atoms with van der Waals surface area (Å²) in [6.45, 7) is 3.76. The van der Waals surface area contributed by atoms with Crippen LogP contribution in [-0.4, -0.2) is 47.2 Å². The molecule has 2 N–H and O–H groups in total. The molecule has 0 bridgehead atoms. The molecular weight excluding hydrogens is 268 g/mol. The monoisotopic (exact) mass is 286 g/mol. The Morgan fingerprint density at radius 2 is 2.16 bits per heavy atom. The minimum Gasteiger partial charge on any atom is -0.466 e. The number of Topliss-reactive ketones (excluding diaryl/α,β-unsaturated/α-hetero) is 2. The predicted molar refractivity (Wildman–Crippen MR) is 72.7 cm³/mol. The smallest absolute Gasteiger partial charge is 0.329 e. The fourth-order valence-electron chi connectivity index (χ4n) is 1.40. The number of aromatic nitrogens is 2. The van der Waals surface area contributed by atoms with Crippen LogP contribution in [0.3, 0.4) is 0 Å². The second-order valence-corrected chi connectivity index (χ2v) is 4.80. The highest BCUT2D eigenvalue weighted by Crippen LogP contribution is 2.15. The van der Waals surface area contributed by atoms with E-state index in [1.807, 2.05) is 0 Å². The highest BCUT2D eigenvalue weighted by molar-refractivity contribution is 7.09. The summed E-state index contributed by atoms with van der Waals surface area (Å²) in [5.74, 6) is 0.0194. The molecule has 0 fully saturated rings. The van der Waals surface area contributed by atoms with Crippen LogP contribution in [0.2, 0.25) is 0 Å². The third-order valence-electron chi connectivity index (χ3n) is 2.39. The summed E-state index contributed by atoms with van der Waals surface area (Å²) < 4.78 is 8.82. The summed E-state index contributed by atoms with van der Waals surface area (Å²) in [6.07, 6.45) is 0.574. The van der Waals surface area contributed by atoms with Crippen molar-refractivity contribution in [1.29, 1.82) is 0 Å². The second kappa shape index (κ2) is 7.80. The van der Waals surface area contributed by atoms with Crippen LogP contribution in [0.1, 0.15) is 20.3 Å². The summed E-state index contributed by atoms with van der Waals surface area (Å²) in [6, 6.07) is -0.00320. The number of carbonyl (C=O) groups is 2. The third kappa shape index (κ3) is 5.75. The number of hydrogen-bond acceptors (Lipinski definition) is 8. The van der Waals surface area contributed by atoms with Crippen molar-refractivity contribution >= 4 is 28.2 Å². The first-order valence-electron chi connectivity index (χ1n) is 5.87. The van der Waals surface area contributed by atoms with E-state index in [2.05, 4.69) is 20.0 Å². The lowest BCUT2D eigenvalue weighted by molar-refractivity contribution is -0.119. The van der Waals surface area contributed by atoms with Gasteiger partial charge < -0.3 is 15.4 Å². The summed E-state index contributed by atoms with van der Waals surface area (Å²) in [5.41, 5.74) is 0. The van der Waals surface area contributed by atoms with Gasteiger partial charge in [0.15, 0.2) is 0 Å². The maximum absolute atomic E-state index is 11.4. The standard InChI is InChI=1S/C11H18N4O3S/c1-7(16)6-13-9(8(2)17)4-5-12-11-14-10(18-3)15-19-11/h9,13H,4-6H2,1-3H3,(H,12,14,15). The summed E-state index contributed by atoms with van der Waals surface area (Å²) in [7, 11) is 1.50. The van der Waals surface area contributed by atoms with Crippen molar-refractivity contribution in [1.82, 2.24) is 14.7 Å². The van der Waals surface area contributed by atoms with Crippen molar-refractivity contribution < 1.29 is 14.3 Å². The van der Waals surface area contributed by atoms with Crippen LogP contribution in [0, 0.1) is 0 Å². The van der Waals surface area contributed by atoms with Crippen molar-refractivity contribution in [3.8, 4) is 6.01 Å². The molecule has 0 radical (unpaired) electrons. The van der Waals surface area contributed by atoms with Gasteiger partial charge in [-0.1, -0.05) is 0 Å². The SMILES string of the molecule is COc1nsc(NCCC(NCC(C)=O)C(C)=O)n1. The zero-order valence-electron chi connectivity index (χ0n) is 11.2. The van der Waals surface area contributed by atoms with Crippen LogP contribution in [0.4, 0.5) is 5.13 Å². The molecule has 0 amide bonds. The Labute approximate surface area is 115 Å². The Bertz CT molecular complexity index is 435. The molecule has 1 unspecified atom stereocenters. The maximum Gasteiger partial charge on any atom is 0.329 e. The molecule has 1 heterocycles. The first-order chi connectivity index (χ1) is 9.02. The van der Waals surface area contributed by atoms with Gasteiger partial charge in [0, 0.05) is 18.1 Å². The fourth-order valence-corrected chi connectivity index (χ4v) is 1.97. The van der Waals surface area contributed by atoms with Gasteiger partial charge in [0.1, 0.15) is 11.6 Å². The Hall–Kier alpha value is -1.54. The van der Waals surface area contributed by atoms with E-state index >= 15 is 0 Å². The van der Waals surface area contributed by atoms with Gasteiger partial charge in [-0.2, -0.15) is 4.98 Å². The van der Waals surface area contributed by atoms with Crippen LogP contribution >= 0.6 is 11.5 Å². The van der Waals surface area contributed by atoms with Crippen molar-refractivity contribution in [3.63, 3.8) is 0 Å². The molecule has 0 spiro atoms. The van der Waals surface area contributed by atoms with E-state index in [1.165, 1.54) is 32.5 Å². The van der Waals surface area contributed by atoms with Crippen LogP contribution in [0.15, 0.2) is 0 Å². The summed E-state index contributed by atoms with van der Waals surface area (Å²) in [5, 5.41) is 6.63. The largest absolute Gasteiger partial charge is 0.466 e. The number of nitrogens with zero attached hydrogens (tertiary/aromatic N) is 2. The Morgan fingerprint density at radius 1 is 1.42 bits per heavy atom. The second-order valence-electron chi connectivity index (χ2n) is 4.05. The quantitative estimate of drug-likeness (QED) is 0.682. The summed E-state index contributed by atoms with van der Waals surface area (Å²) in [4.78, 5) is 26.3. The molecular formula is C11H18N4O3S. The molecule has 0 aliphatic rings. The molecule has 0 aliphatic heterocycles. The number of hydrogen-bond donors (Lipinski definition) is 2. The minimum atomic E-state index is -0.328. The number of ether oxygens (including phenoxy) is 1. The van der Waals surface area contributed by atoms with Crippen LogP contribution < -0.4 is 15.4 Å². The van der Waals surface area contributed by atoms with Crippen molar-refractivity contribution in [2.75, 3.05) is 25.5 Å². The van der Waals surface area contributed by atoms with Crippen LogP contribution in [0.25, 0.3) is 0 Å². The number of ketones is 2. The first-order valence-corrected chi connectivity index (χ1v) is 6.65. The minimum absolute atomic E-state index is 0.00747. The molecule has 0 saturated heterocycles. The van der Waals surface area contributed by atoms with Crippen LogP contribution in [-0.2, 0) is 9.59 Å². The molecule has 0 aliphatic carbocycles. The molecule has 1 aromatic heterocycles. The first kappa shape index (κ1) is 15.5.